The van der Waals surface area contributed by atoms with Crippen molar-refractivity contribution in [3.8, 4) is 6.07 Å². The predicted molar refractivity (Wildman–Crippen MR) is 91.9 cm³/mol. The third kappa shape index (κ3) is 4.53. The maximum atomic E-state index is 12.6. The molecule has 2 rings (SSSR count). The molecule has 0 saturated carbocycles. The number of nitrogens with one attached hydrogen (secondary N) is 1. The Morgan fingerprint density at radius 1 is 1.25 bits per heavy atom. The van der Waals surface area contributed by atoms with Gasteiger partial charge in [-0.05, 0) is 18.4 Å². The molecule has 1 unspecified atom stereocenters. The van der Waals surface area contributed by atoms with E-state index in [9.17, 15) is 4.79 Å². The van der Waals surface area contributed by atoms with Crippen LogP contribution >= 0.6 is 0 Å². The minimum Gasteiger partial charge on any atom is -0.273 e. The summed E-state index contributed by atoms with van der Waals surface area (Å²) in [5, 5.41) is 10.6. The minimum atomic E-state index is -0.293. The fraction of sp³-hybridized carbons (Fsp3) is 0.333. The van der Waals surface area contributed by atoms with Gasteiger partial charge < -0.3 is 0 Å². The van der Waals surface area contributed by atoms with Crippen LogP contribution in [0.2, 0.25) is 0 Å². The first-order chi connectivity index (χ1) is 11.5. The Labute approximate surface area is 142 Å². The van der Waals surface area contributed by atoms with Gasteiger partial charge in [0.05, 0.1) is 5.92 Å². The molecule has 6 nitrogen and oxygen atoms in total. The van der Waals surface area contributed by atoms with Gasteiger partial charge >= 0.3 is 0 Å². The third-order valence-corrected chi connectivity index (χ3v) is 3.50. The SMILES string of the molecule is CC(C)CN(NC(=O)C(C)c1ccccc1)c1ccnc(C#N)n1. The summed E-state index contributed by atoms with van der Waals surface area (Å²) in [5.41, 5.74) is 3.85. The maximum absolute atomic E-state index is 12.6. The lowest BCUT2D eigenvalue weighted by atomic mass is 10.0. The number of rotatable bonds is 6. The van der Waals surface area contributed by atoms with Crippen molar-refractivity contribution in [2.24, 2.45) is 5.92 Å². The Kier molecular flexibility index (Phi) is 5.85. The number of anilines is 1. The standard InChI is InChI=1S/C18H21N5O/c1-13(2)12-23(17-9-10-20-16(11-19)21-17)22-18(24)14(3)15-7-5-4-6-8-15/h4-10,13-14H,12H2,1-3H3,(H,22,24). The summed E-state index contributed by atoms with van der Waals surface area (Å²) < 4.78 is 0. The molecule has 2 aromatic rings. The van der Waals surface area contributed by atoms with Gasteiger partial charge in [-0.2, -0.15) is 10.2 Å². The van der Waals surface area contributed by atoms with Gasteiger partial charge in [-0.25, -0.2) is 4.98 Å². The maximum Gasteiger partial charge on any atom is 0.245 e. The Balaban J connectivity index is 2.19. The normalized spacial score (nSPS) is 11.6. The lowest BCUT2D eigenvalue weighted by Gasteiger charge is -2.27. The van der Waals surface area contributed by atoms with Gasteiger partial charge in [-0.15, -0.1) is 0 Å². The van der Waals surface area contributed by atoms with Crippen molar-refractivity contribution in [2.45, 2.75) is 26.7 Å². The van der Waals surface area contributed by atoms with Gasteiger partial charge in [-0.3, -0.25) is 15.2 Å². The van der Waals surface area contributed by atoms with Crippen LogP contribution < -0.4 is 10.4 Å². The number of hydrogen-bond acceptors (Lipinski definition) is 5. The van der Waals surface area contributed by atoms with E-state index in [2.05, 4.69) is 15.4 Å². The van der Waals surface area contributed by atoms with E-state index in [0.717, 1.165) is 5.56 Å². The van der Waals surface area contributed by atoms with Gasteiger partial charge in [0.1, 0.15) is 6.07 Å². The first-order valence-electron chi connectivity index (χ1n) is 7.87. The molecule has 0 spiro atoms. The monoisotopic (exact) mass is 323 g/mol. The summed E-state index contributed by atoms with van der Waals surface area (Å²) in [6, 6.07) is 13.2. The van der Waals surface area contributed by atoms with E-state index in [1.807, 2.05) is 57.2 Å². The second-order valence-corrected chi connectivity index (χ2v) is 5.96. The van der Waals surface area contributed by atoms with Crippen LogP contribution in [0.5, 0.6) is 0 Å². The average Bonchev–Trinajstić information content (AvgIpc) is 2.60. The van der Waals surface area contributed by atoms with Crippen molar-refractivity contribution in [3.63, 3.8) is 0 Å². The van der Waals surface area contributed by atoms with Crippen molar-refractivity contribution in [1.29, 1.82) is 5.26 Å². The molecular formula is C18H21N5O. The van der Waals surface area contributed by atoms with Crippen LogP contribution in [-0.2, 0) is 4.79 Å². The second-order valence-electron chi connectivity index (χ2n) is 5.96. The number of benzene rings is 1. The second kappa shape index (κ2) is 8.06. The highest BCUT2D eigenvalue weighted by Crippen LogP contribution is 2.16. The van der Waals surface area contributed by atoms with Crippen molar-refractivity contribution >= 4 is 11.7 Å². The molecule has 1 aromatic heterocycles. The van der Waals surface area contributed by atoms with Gasteiger partial charge in [0.15, 0.2) is 5.82 Å². The Bertz CT molecular complexity index is 724. The number of aromatic nitrogens is 2. The van der Waals surface area contributed by atoms with E-state index < -0.39 is 0 Å². The highest BCUT2D eigenvalue weighted by molar-refractivity contribution is 5.84. The predicted octanol–water partition coefficient (Wildman–Crippen LogP) is 2.65. The topological polar surface area (TPSA) is 81.9 Å². The van der Waals surface area contributed by atoms with E-state index in [1.165, 1.54) is 6.20 Å². The van der Waals surface area contributed by atoms with Crippen LogP contribution in [0.25, 0.3) is 0 Å². The molecule has 24 heavy (non-hydrogen) atoms. The van der Waals surface area contributed by atoms with E-state index in [-0.39, 0.29) is 17.6 Å². The number of carbonyl (C=O) groups is 1. The highest BCUT2D eigenvalue weighted by atomic mass is 16.2. The summed E-state index contributed by atoms with van der Waals surface area (Å²) in [7, 11) is 0. The molecule has 1 atom stereocenters. The fourth-order valence-electron chi connectivity index (χ4n) is 2.24. The molecule has 124 valence electrons. The number of hydrogen-bond donors (Lipinski definition) is 1. The van der Waals surface area contributed by atoms with Crippen molar-refractivity contribution in [2.75, 3.05) is 11.6 Å². The molecule has 0 aliphatic heterocycles. The fourth-order valence-corrected chi connectivity index (χ4v) is 2.24. The molecule has 1 amide bonds. The van der Waals surface area contributed by atoms with Crippen molar-refractivity contribution in [1.82, 2.24) is 15.4 Å². The number of amides is 1. The van der Waals surface area contributed by atoms with Gasteiger partial charge in [0.25, 0.3) is 0 Å². The van der Waals surface area contributed by atoms with Crippen LogP contribution in [0.3, 0.4) is 0 Å². The minimum absolute atomic E-state index is 0.0756. The van der Waals surface area contributed by atoms with Crippen molar-refractivity contribution in [3.05, 3.63) is 54.0 Å². The first kappa shape index (κ1) is 17.4. The summed E-state index contributed by atoms with van der Waals surface area (Å²) in [6.45, 7) is 6.53. The third-order valence-electron chi connectivity index (χ3n) is 3.50. The van der Waals surface area contributed by atoms with Crippen LogP contribution in [0.1, 0.15) is 38.1 Å². The van der Waals surface area contributed by atoms with Crippen LogP contribution in [0.4, 0.5) is 5.82 Å². The molecule has 0 bridgehead atoms. The van der Waals surface area contributed by atoms with E-state index in [0.29, 0.717) is 18.3 Å². The zero-order chi connectivity index (χ0) is 17.5. The largest absolute Gasteiger partial charge is 0.273 e. The molecule has 0 aliphatic carbocycles. The molecule has 1 N–H and O–H groups in total. The Morgan fingerprint density at radius 2 is 1.96 bits per heavy atom. The smallest absolute Gasteiger partial charge is 0.245 e. The van der Waals surface area contributed by atoms with E-state index in [4.69, 9.17) is 5.26 Å². The van der Waals surface area contributed by atoms with Crippen LogP contribution in [-0.4, -0.2) is 22.4 Å². The Morgan fingerprint density at radius 3 is 2.58 bits per heavy atom. The molecule has 0 fully saturated rings. The van der Waals surface area contributed by atoms with E-state index >= 15 is 0 Å². The molecule has 0 saturated heterocycles. The quantitative estimate of drug-likeness (QED) is 0.826. The summed E-state index contributed by atoms with van der Waals surface area (Å²) >= 11 is 0. The molecular weight excluding hydrogens is 302 g/mol. The Hall–Kier alpha value is -2.94. The molecule has 6 heteroatoms. The molecule has 1 aromatic carbocycles. The van der Waals surface area contributed by atoms with E-state index in [1.54, 1.807) is 11.1 Å². The molecule has 1 heterocycles. The average molecular weight is 323 g/mol. The molecule has 0 aliphatic rings. The number of nitrogens with zero attached hydrogens (tertiary/aromatic N) is 4. The van der Waals surface area contributed by atoms with Crippen LogP contribution in [0, 0.1) is 17.2 Å². The van der Waals surface area contributed by atoms with Gasteiger partial charge in [0, 0.05) is 18.8 Å². The molecule has 0 radical (unpaired) electrons. The summed E-state index contributed by atoms with van der Waals surface area (Å²) in [6.07, 6.45) is 1.51. The number of carbonyl (C=O) groups excluding carboxylic acids is 1. The highest BCUT2D eigenvalue weighted by Gasteiger charge is 2.19. The zero-order valence-electron chi connectivity index (χ0n) is 14.1. The lowest BCUT2D eigenvalue weighted by molar-refractivity contribution is -0.122. The summed E-state index contributed by atoms with van der Waals surface area (Å²) in [5.74, 6) is 0.463. The lowest BCUT2D eigenvalue weighted by Crippen LogP contribution is -2.46. The summed E-state index contributed by atoms with van der Waals surface area (Å²) in [4.78, 5) is 20.6. The van der Waals surface area contributed by atoms with Gasteiger partial charge in [0.2, 0.25) is 11.7 Å². The first-order valence-corrected chi connectivity index (χ1v) is 7.87. The van der Waals surface area contributed by atoms with Crippen LogP contribution in [0.15, 0.2) is 42.6 Å². The number of nitriles is 1. The number of hydrazine groups is 1. The van der Waals surface area contributed by atoms with Gasteiger partial charge in [-0.1, -0.05) is 44.2 Å². The zero-order valence-corrected chi connectivity index (χ0v) is 14.1. The van der Waals surface area contributed by atoms with Crippen molar-refractivity contribution < 1.29 is 4.79 Å².